The van der Waals surface area contributed by atoms with Gasteiger partial charge in [0, 0.05) is 21.1 Å². The molecule has 74 heteroatoms. The van der Waals surface area contributed by atoms with Crippen molar-refractivity contribution in [2.75, 3.05) is 0 Å². The van der Waals surface area contributed by atoms with Crippen LogP contribution in [0.15, 0.2) is 0 Å². The molecule has 0 saturated heterocycles. The van der Waals surface area contributed by atoms with Crippen LogP contribution in [0.3, 0.4) is 0 Å². The van der Waals surface area contributed by atoms with Crippen molar-refractivity contribution < 1.29 is 443 Å². The van der Waals surface area contributed by atoms with E-state index in [9.17, 15) is 0 Å². The molecule has 0 fully saturated rings. The first kappa shape index (κ1) is 136. The van der Waals surface area contributed by atoms with Gasteiger partial charge < -0.3 is 126 Å². The molecule has 0 aromatic heterocycles. The Morgan fingerprint density at radius 3 is 0.189 bits per heavy atom. The standard InChI is InChI=1S/Ce.Mo.9HO3Si.9H2O.18O.9W/c;;9*1-4(2)3;;;;;;;;;;;;;;;;;;;;;;;;;;;;;;;;;;;;/h;;9*1H;9*1H2;;;;;;;;;;;;;;;;;;;;;;;;;;;/q+3;;9*-1;;;;;;;;;;;;;;;;;;;;;;;;;;;;9*+1/p-9. The molecule has 1 radical (unpaired) electrons. The predicted octanol–water partition coefficient (Wildman–Crippen LogP) is -27.4. The first-order chi connectivity index (χ1) is 31.2. The van der Waals surface area contributed by atoms with Gasteiger partial charge in [-0.1, -0.05) is 0 Å². The maximum absolute atomic E-state index is 8.72. The Labute approximate surface area is 517 Å². The van der Waals surface area contributed by atoms with E-state index in [4.69, 9.17) is 221 Å². The topological polar surface area (TPSA) is 1030 Å². The zero-order chi connectivity index (χ0) is 64.4. The zero-order valence-corrected chi connectivity index (χ0v) is 72.4. The summed E-state index contributed by atoms with van der Waals surface area (Å²) in [5.41, 5.74) is 0. The monoisotopic (exact) mass is 3030 g/mol. The molecule has 54 nitrogen and oxygen atoms in total. The van der Waals surface area contributed by atoms with Gasteiger partial charge in [0.2, 0.25) is 0 Å². The van der Waals surface area contributed by atoms with Crippen LogP contribution in [-0.4, -0.2) is 160 Å². The Morgan fingerprint density at radius 2 is 0.189 bits per heavy atom. The van der Waals surface area contributed by atoms with Gasteiger partial charge in [-0.25, -0.2) is 0 Å². The fourth-order valence-electron chi connectivity index (χ4n) is 0. The van der Waals surface area contributed by atoms with Gasteiger partial charge >= 0.3 is 378 Å². The molecular weight excluding hydrogens is 3010 g/mol. The fraction of sp³-hybridized carbons (Fsp3) is 0. The number of hydrogen-bond acceptors (Lipinski definition) is 36. The van der Waals surface area contributed by atoms with Crippen LogP contribution in [0.4, 0.5) is 0 Å². The third-order valence-electron chi connectivity index (χ3n) is 0. The van der Waals surface area contributed by atoms with E-state index in [1.165, 1.54) is 0 Å². The van der Waals surface area contributed by atoms with Crippen LogP contribution in [0.5, 0.6) is 0 Å². The summed E-state index contributed by atoms with van der Waals surface area (Å²) >= 11 is -36.3. The van der Waals surface area contributed by atoms with Crippen molar-refractivity contribution in [2.24, 2.45) is 0 Å². The molecule has 0 saturated carbocycles. The average molecular weight is 3030 g/mol. The molecule has 0 atom stereocenters. The molecule has 0 unspecified atom stereocenters. The Bertz CT molecular complexity index is 1470. The zero-order valence-electron chi connectivity index (χ0n) is 31.8. The molecular formula is H18CeMoO54Si9W9-6. The van der Waals surface area contributed by atoms with Crippen LogP contribution in [0.25, 0.3) is 0 Å². The van der Waals surface area contributed by atoms with E-state index >= 15 is 0 Å². The van der Waals surface area contributed by atoms with Gasteiger partial charge in [-0.2, -0.15) is 0 Å². The first-order valence-electron chi connectivity index (χ1n) is 10.3. The van der Waals surface area contributed by atoms with E-state index in [-0.39, 0.29) is 62.8 Å². The summed E-state index contributed by atoms with van der Waals surface area (Å²) in [5, 5.41) is 0. The molecule has 0 aromatic rings. The van der Waals surface area contributed by atoms with E-state index in [0.717, 1.165) is 0 Å². The Morgan fingerprint density at radius 1 is 0.189 bits per heavy atom. The van der Waals surface area contributed by atoms with Crippen molar-refractivity contribution in [1.29, 1.82) is 0 Å². The van der Waals surface area contributed by atoms with Crippen LogP contribution in [0.1, 0.15) is 0 Å². The van der Waals surface area contributed by atoms with Gasteiger partial charge in [0.15, 0.2) is 0 Å². The summed E-state index contributed by atoms with van der Waals surface area (Å²) < 4.78 is 299. The summed E-state index contributed by atoms with van der Waals surface area (Å²) in [6.45, 7) is 0. The van der Waals surface area contributed by atoms with Gasteiger partial charge in [-0.15, -0.1) is 0 Å². The molecule has 18 N–H and O–H groups in total. The van der Waals surface area contributed by atoms with Crippen LogP contribution in [0, 0.1) is 41.7 Å². The van der Waals surface area contributed by atoms with Gasteiger partial charge in [0.1, 0.15) is 0 Å². The van der Waals surface area contributed by atoms with Crippen LogP contribution >= 0.6 is 0 Å². The van der Waals surface area contributed by atoms with E-state index in [1.54, 1.807) is 0 Å². The summed E-state index contributed by atoms with van der Waals surface area (Å²) in [4.78, 5) is 141. The van der Waals surface area contributed by atoms with E-state index < -0.39 is 241 Å². The Kier molecular flexibility index (Phi) is 239. The minimum absolute atomic E-state index is 0. The second kappa shape index (κ2) is 130. The molecule has 74 heavy (non-hydrogen) atoms. The molecule has 0 bridgehead atoms. The van der Waals surface area contributed by atoms with Gasteiger partial charge in [0.05, 0.1) is 0 Å². The van der Waals surface area contributed by atoms with Gasteiger partial charge in [0.25, 0.3) is 0 Å². The van der Waals surface area contributed by atoms with Crippen molar-refractivity contribution in [3.05, 3.63) is 0 Å². The Balaban J connectivity index is -0.0000000231. The molecule has 448 valence electrons. The molecule has 0 aliphatic heterocycles. The predicted molar refractivity (Wildman–Crippen MR) is 110 cm³/mol. The molecule has 0 aliphatic rings. The number of hydrogen-bond donors (Lipinski definition) is 18. The molecule has 0 spiro atoms. The van der Waals surface area contributed by atoms with E-state index in [2.05, 4.69) is 0 Å². The van der Waals surface area contributed by atoms with Crippen molar-refractivity contribution in [3.63, 3.8) is 0 Å². The third-order valence-corrected chi connectivity index (χ3v) is 0. The van der Waals surface area contributed by atoms with Gasteiger partial charge in [-0.3, -0.25) is 0 Å². The minimum atomic E-state index is -4.03. The van der Waals surface area contributed by atoms with Crippen molar-refractivity contribution in [2.45, 2.75) is 0 Å². The van der Waals surface area contributed by atoms with Crippen molar-refractivity contribution in [1.82, 2.24) is 0 Å². The summed E-state index contributed by atoms with van der Waals surface area (Å²) in [5.74, 6) is 0. The maximum atomic E-state index is 8.72. The van der Waals surface area contributed by atoms with Crippen molar-refractivity contribution >= 4 is 82.5 Å². The van der Waals surface area contributed by atoms with Crippen LogP contribution in [-0.2, 0) is 281 Å². The second-order valence-electron chi connectivity index (χ2n) is 4.35. The SMILES string of the molecule is O=[Si]([O-])O.O=[Si]([O-])O.O=[Si]([O-])O.O=[Si]([O-])O.O=[Si]([O-])O.O=[Si]([O-])O.O=[Si]([O-])O.O=[Si]([O-])O.O=[Si]([O-])O.[Ce+3].[Mo].[O]=[W](=[O])[OH].[O]=[W](=[O])[OH].[O]=[W](=[O])[OH].[O]=[W](=[O])[OH].[O]=[W](=[O])[OH].[O]=[W](=[O])[OH].[O]=[W](=[O])[OH].[O]=[W](=[O])[OH].[O]=[W](=[O])[OH]. The fourth-order valence-corrected chi connectivity index (χ4v) is 0. The number of rotatable bonds is 0. The van der Waals surface area contributed by atoms with Crippen molar-refractivity contribution in [3.8, 4) is 0 Å². The van der Waals surface area contributed by atoms with Crippen LogP contribution in [0.2, 0.25) is 0 Å². The van der Waals surface area contributed by atoms with E-state index in [0.29, 0.717) is 0 Å². The normalized spacial score (nSPS) is 5.96. The summed E-state index contributed by atoms with van der Waals surface area (Å²) in [6.07, 6.45) is 0. The second-order valence-corrected chi connectivity index (χ2v) is 23.2. The quantitative estimate of drug-likeness (QED) is 0.100. The van der Waals surface area contributed by atoms with Gasteiger partial charge in [-0.05, 0) is 0 Å². The third kappa shape index (κ3) is 519000. The van der Waals surface area contributed by atoms with Crippen LogP contribution < -0.4 is 43.2 Å². The summed E-state index contributed by atoms with van der Waals surface area (Å²) in [6, 6.07) is 0. The molecule has 0 amide bonds. The molecule has 0 rings (SSSR count). The van der Waals surface area contributed by atoms with E-state index in [1.807, 2.05) is 0 Å². The molecule has 0 aliphatic carbocycles. The molecule has 0 aromatic carbocycles. The Hall–Kier alpha value is 0.852. The molecule has 0 heterocycles. The average Bonchev–Trinajstić information content (AvgIpc) is 2.91. The first-order valence-corrected chi connectivity index (χ1v) is 55.1. The summed E-state index contributed by atoms with van der Waals surface area (Å²) in [7, 11) is -30.4.